The fourth-order valence-electron chi connectivity index (χ4n) is 1.49. The van der Waals surface area contributed by atoms with E-state index in [1.165, 1.54) is 13.8 Å². The van der Waals surface area contributed by atoms with E-state index in [-0.39, 0.29) is 6.54 Å². The van der Waals surface area contributed by atoms with Gasteiger partial charge in [0.05, 0.1) is 6.07 Å². The summed E-state index contributed by atoms with van der Waals surface area (Å²) in [5, 5.41) is 11.1. The molecule has 6 nitrogen and oxygen atoms in total. The van der Waals surface area contributed by atoms with E-state index in [0.29, 0.717) is 0 Å². The van der Waals surface area contributed by atoms with Gasteiger partial charge in [-0.2, -0.15) is 5.26 Å². The van der Waals surface area contributed by atoms with Crippen molar-refractivity contribution in [3.05, 3.63) is 0 Å². The van der Waals surface area contributed by atoms with E-state index in [0.717, 1.165) is 4.90 Å². The molecule has 0 aliphatic carbocycles. The Balaban J connectivity index is 3.12. The highest BCUT2D eigenvalue weighted by Gasteiger charge is 2.47. The number of carbonyl (C=O) groups is 3. The highest BCUT2D eigenvalue weighted by atomic mass is 16.2. The number of carbonyl (C=O) groups excluding carboxylic acids is 3. The Morgan fingerprint density at radius 2 is 2.00 bits per heavy atom. The zero-order valence-electron chi connectivity index (χ0n) is 10.3. The van der Waals surface area contributed by atoms with Crippen molar-refractivity contribution in [2.24, 2.45) is 5.41 Å². The Kier molecular flexibility index (Phi) is 2.97. The van der Waals surface area contributed by atoms with E-state index in [2.05, 4.69) is 5.32 Å². The fraction of sp³-hybridized carbons (Fsp3) is 0.636. The molecular formula is C11H15N3O3. The van der Waals surface area contributed by atoms with Gasteiger partial charge in [0.1, 0.15) is 17.5 Å². The third-order valence-corrected chi connectivity index (χ3v) is 2.84. The molecule has 1 rings (SSSR count). The van der Waals surface area contributed by atoms with Gasteiger partial charge in [-0.3, -0.25) is 19.7 Å². The second-order valence-electron chi connectivity index (χ2n) is 5.06. The maximum Gasteiger partial charge on any atom is 0.252 e. The van der Waals surface area contributed by atoms with Crippen LogP contribution < -0.4 is 5.32 Å². The van der Waals surface area contributed by atoms with Crippen LogP contribution in [0.15, 0.2) is 0 Å². The summed E-state index contributed by atoms with van der Waals surface area (Å²) in [4.78, 5) is 36.2. The van der Waals surface area contributed by atoms with Crippen LogP contribution in [0.3, 0.4) is 0 Å². The number of piperazine rings is 1. The smallest absolute Gasteiger partial charge is 0.252 e. The van der Waals surface area contributed by atoms with Crippen LogP contribution in [0.25, 0.3) is 0 Å². The van der Waals surface area contributed by atoms with Crippen molar-refractivity contribution < 1.29 is 14.4 Å². The Morgan fingerprint density at radius 3 is 2.47 bits per heavy atom. The lowest BCUT2D eigenvalue weighted by Gasteiger charge is -2.42. The zero-order chi connectivity index (χ0) is 13.4. The van der Waals surface area contributed by atoms with Gasteiger partial charge in [-0.1, -0.05) is 0 Å². The first-order valence-electron chi connectivity index (χ1n) is 5.20. The Morgan fingerprint density at radius 1 is 1.47 bits per heavy atom. The molecule has 92 valence electrons. The van der Waals surface area contributed by atoms with Gasteiger partial charge in [-0.25, -0.2) is 0 Å². The summed E-state index contributed by atoms with van der Waals surface area (Å²) in [6, 6.07) is 1.87. The molecule has 0 saturated carbocycles. The van der Waals surface area contributed by atoms with Gasteiger partial charge < -0.3 is 4.90 Å². The summed E-state index contributed by atoms with van der Waals surface area (Å²) in [6.45, 7) is 5.80. The SMILES string of the molecule is CC(C)(C#N)C(=O)N1CC(=O)NC(=O)C1(C)C. The first-order chi connectivity index (χ1) is 7.63. The molecule has 0 aromatic rings. The van der Waals surface area contributed by atoms with Gasteiger partial charge in [0.15, 0.2) is 0 Å². The highest BCUT2D eigenvalue weighted by Crippen LogP contribution is 2.25. The maximum atomic E-state index is 12.1. The summed E-state index contributed by atoms with van der Waals surface area (Å²) in [5.41, 5.74) is -2.38. The summed E-state index contributed by atoms with van der Waals surface area (Å²) in [7, 11) is 0. The lowest BCUT2D eigenvalue weighted by Crippen LogP contribution is -2.67. The van der Waals surface area contributed by atoms with Gasteiger partial charge in [-0.15, -0.1) is 0 Å². The number of imide groups is 1. The molecule has 0 aromatic heterocycles. The first kappa shape index (κ1) is 13.2. The zero-order valence-corrected chi connectivity index (χ0v) is 10.3. The van der Waals surface area contributed by atoms with Gasteiger partial charge in [-0.05, 0) is 27.7 Å². The molecule has 0 aromatic carbocycles. The summed E-state index contributed by atoms with van der Waals surface area (Å²) in [6.07, 6.45) is 0. The largest absolute Gasteiger partial charge is 0.318 e. The minimum atomic E-state index is -1.25. The first-order valence-corrected chi connectivity index (χ1v) is 5.20. The molecule has 0 unspecified atom stereocenters. The molecule has 0 radical (unpaired) electrons. The van der Waals surface area contributed by atoms with Crippen LogP contribution in [0.2, 0.25) is 0 Å². The molecule has 1 N–H and O–H groups in total. The van der Waals surface area contributed by atoms with Crippen molar-refractivity contribution in [3.63, 3.8) is 0 Å². The standard InChI is InChI=1S/C11H15N3O3/c1-10(2,6-12)9(17)14-5-7(15)13-8(16)11(14,3)4/h5H2,1-4H3,(H,13,15,16). The predicted molar refractivity (Wildman–Crippen MR) is 58.3 cm³/mol. The molecule has 1 fully saturated rings. The van der Waals surface area contributed by atoms with E-state index >= 15 is 0 Å². The fourth-order valence-corrected chi connectivity index (χ4v) is 1.49. The number of hydrogen-bond donors (Lipinski definition) is 1. The maximum absolute atomic E-state index is 12.1. The molecule has 0 spiro atoms. The normalized spacial score (nSPS) is 19.6. The molecule has 1 aliphatic rings. The highest BCUT2D eigenvalue weighted by molar-refractivity contribution is 6.06. The van der Waals surface area contributed by atoms with E-state index in [9.17, 15) is 14.4 Å². The van der Waals surface area contributed by atoms with Gasteiger partial charge in [0, 0.05) is 0 Å². The molecule has 6 heteroatoms. The van der Waals surface area contributed by atoms with Crippen molar-refractivity contribution in [2.75, 3.05) is 6.54 Å². The average Bonchev–Trinajstić information content (AvgIpc) is 2.22. The minimum Gasteiger partial charge on any atom is -0.318 e. The van der Waals surface area contributed by atoms with E-state index in [1.54, 1.807) is 13.8 Å². The van der Waals surface area contributed by atoms with Crippen LogP contribution in [-0.2, 0) is 14.4 Å². The summed E-state index contributed by atoms with van der Waals surface area (Å²) >= 11 is 0. The van der Waals surface area contributed by atoms with Crippen molar-refractivity contribution in [3.8, 4) is 6.07 Å². The second-order valence-corrected chi connectivity index (χ2v) is 5.06. The van der Waals surface area contributed by atoms with Crippen LogP contribution in [0, 0.1) is 16.7 Å². The topological polar surface area (TPSA) is 90.3 Å². The Hall–Kier alpha value is -1.90. The number of amides is 3. The van der Waals surface area contributed by atoms with Crippen molar-refractivity contribution in [1.29, 1.82) is 5.26 Å². The quantitative estimate of drug-likeness (QED) is 0.639. The monoisotopic (exact) mass is 237 g/mol. The molecule has 3 amide bonds. The van der Waals surface area contributed by atoms with Gasteiger partial charge in [0.2, 0.25) is 11.8 Å². The van der Waals surface area contributed by atoms with Crippen molar-refractivity contribution in [2.45, 2.75) is 33.2 Å². The lowest BCUT2D eigenvalue weighted by atomic mass is 9.89. The van der Waals surface area contributed by atoms with E-state index < -0.39 is 28.7 Å². The van der Waals surface area contributed by atoms with E-state index in [4.69, 9.17) is 5.26 Å². The molecule has 0 bridgehead atoms. The predicted octanol–water partition coefficient (Wildman–Crippen LogP) is -0.200. The van der Waals surface area contributed by atoms with Crippen LogP contribution >= 0.6 is 0 Å². The number of nitrogens with one attached hydrogen (secondary N) is 1. The molecule has 1 saturated heterocycles. The van der Waals surface area contributed by atoms with Crippen LogP contribution in [0.5, 0.6) is 0 Å². The third kappa shape index (κ3) is 2.13. The summed E-state index contributed by atoms with van der Waals surface area (Å²) < 4.78 is 0. The van der Waals surface area contributed by atoms with Crippen LogP contribution in [0.4, 0.5) is 0 Å². The number of rotatable bonds is 1. The van der Waals surface area contributed by atoms with E-state index in [1.807, 2.05) is 6.07 Å². The molecule has 1 heterocycles. The molecular weight excluding hydrogens is 222 g/mol. The van der Waals surface area contributed by atoms with Crippen LogP contribution in [-0.4, -0.2) is 34.7 Å². The Labute approximate surface area is 99.6 Å². The number of nitrogens with zero attached hydrogens (tertiary/aromatic N) is 2. The Bertz CT molecular complexity index is 432. The number of nitriles is 1. The van der Waals surface area contributed by atoms with Gasteiger partial charge in [0.25, 0.3) is 5.91 Å². The minimum absolute atomic E-state index is 0.206. The average molecular weight is 237 g/mol. The van der Waals surface area contributed by atoms with Crippen molar-refractivity contribution >= 4 is 17.7 Å². The number of hydrogen-bond acceptors (Lipinski definition) is 4. The lowest BCUT2D eigenvalue weighted by molar-refractivity contribution is -0.158. The third-order valence-electron chi connectivity index (χ3n) is 2.84. The second kappa shape index (κ2) is 3.84. The summed E-state index contributed by atoms with van der Waals surface area (Å²) in [5.74, 6) is -1.58. The molecule has 0 atom stereocenters. The molecule has 1 aliphatic heterocycles. The van der Waals surface area contributed by atoms with Crippen LogP contribution in [0.1, 0.15) is 27.7 Å². The van der Waals surface area contributed by atoms with Crippen molar-refractivity contribution in [1.82, 2.24) is 10.2 Å². The molecule has 17 heavy (non-hydrogen) atoms. The van der Waals surface area contributed by atoms with Gasteiger partial charge >= 0.3 is 0 Å².